The van der Waals surface area contributed by atoms with Gasteiger partial charge in [0.2, 0.25) is 0 Å². The molecule has 0 heterocycles. The number of aromatic hydroxyl groups is 1. The molecular formula is C11H16ClNO2. The van der Waals surface area contributed by atoms with E-state index in [1.165, 1.54) is 0 Å². The predicted octanol–water partition coefficient (Wildman–Crippen LogP) is 1.91. The number of aliphatic hydroxyl groups excluding tert-OH is 1. The van der Waals surface area contributed by atoms with E-state index < -0.39 is 0 Å². The van der Waals surface area contributed by atoms with Crippen LogP contribution in [0.4, 0.5) is 0 Å². The summed E-state index contributed by atoms with van der Waals surface area (Å²) in [5.41, 5.74) is 0.672. The second-order valence-electron chi connectivity index (χ2n) is 3.41. The number of hydrogen-bond acceptors (Lipinski definition) is 3. The van der Waals surface area contributed by atoms with Crippen molar-refractivity contribution in [3.05, 3.63) is 28.8 Å². The fourth-order valence-corrected chi connectivity index (χ4v) is 1.54. The number of phenols is 1. The minimum absolute atomic E-state index is 0.0423. The minimum atomic E-state index is 0.0423. The van der Waals surface area contributed by atoms with Crippen LogP contribution in [0.15, 0.2) is 18.2 Å². The lowest BCUT2D eigenvalue weighted by Crippen LogP contribution is -2.31. The van der Waals surface area contributed by atoms with Gasteiger partial charge in [-0.3, -0.25) is 0 Å². The van der Waals surface area contributed by atoms with E-state index in [4.69, 9.17) is 16.7 Å². The molecule has 0 saturated carbocycles. The number of halogens is 1. The van der Waals surface area contributed by atoms with E-state index in [9.17, 15) is 5.11 Å². The average molecular weight is 230 g/mol. The second kappa shape index (κ2) is 5.95. The Hall–Kier alpha value is -0.770. The molecule has 1 aromatic carbocycles. The van der Waals surface area contributed by atoms with Crippen LogP contribution in [0.2, 0.25) is 5.02 Å². The predicted molar refractivity (Wildman–Crippen MR) is 61.1 cm³/mol. The number of aliphatic hydroxyl groups is 1. The maximum absolute atomic E-state index is 9.56. The SMILES string of the molecule is CC[C@H](CO)NCc1c(O)cccc1Cl. The summed E-state index contributed by atoms with van der Waals surface area (Å²) >= 11 is 5.94. The van der Waals surface area contributed by atoms with Crippen molar-refractivity contribution in [2.75, 3.05) is 6.61 Å². The summed E-state index contributed by atoms with van der Waals surface area (Å²) in [4.78, 5) is 0. The topological polar surface area (TPSA) is 52.5 Å². The van der Waals surface area contributed by atoms with Crippen LogP contribution in [0, 0.1) is 0 Å². The van der Waals surface area contributed by atoms with Crippen LogP contribution in [0.25, 0.3) is 0 Å². The number of phenolic OH excluding ortho intramolecular Hbond substituents is 1. The molecule has 0 unspecified atom stereocenters. The summed E-state index contributed by atoms with van der Waals surface area (Å²) in [5, 5.41) is 22.2. The minimum Gasteiger partial charge on any atom is -0.508 e. The lowest BCUT2D eigenvalue weighted by atomic mass is 10.1. The summed E-state index contributed by atoms with van der Waals surface area (Å²) in [6.07, 6.45) is 0.835. The molecule has 15 heavy (non-hydrogen) atoms. The van der Waals surface area contributed by atoms with E-state index in [1.807, 2.05) is 6.92 Å². The molecule has 1 aromatic rings. The number of nitrogens with one attached hydrogen (secondary N) is 1. The maximum Gasteiger partial charge on any atom is 0.121 e. The molecule has 0 aliphatic heterocycles. The van der Waals surface area contributed by atoms with Gasteiger partial charge in [-0.2, -0.15) is 0 Å². The highest BCUT2D eigenvalue weighted by Gasteiger charge is 2.08. The van der Waals surface area contributed by atoms with Gasteiger partial charge < -0.3 is 15.5 Å². The Balaban J connectivity index is 2.64. The Bertz CT molecular complexity index is 293. The van der Waals surface area contributed by atoms with E-state index in [1.54, 1.807) is 18.2 Å². The van der Waals surface area contributed by atoms with E-state index in [2.05, 4.69) is 5.32 Å². The van der Waals surface area contributed by atoms with Crippen molar-refractivity contribution < 1.29 is 10.2 Å². The van der Waals surface area contributed by atoms with Gasteiger partial charge in [0.1, 0.15) is 5.75 Å². The van der Waals surface area contributed by atoms with Crippen molar-refractivity contribution in [2.24, 2.45) is 0 Å². The van der Waals surface area contributed by atoms with Crippen molar-refractivity contribution >= 4 is 11.6 Å². The van der Waals surface area contributed by atoms with Crippen molar-refractivity contribution in [1.29, 1.82) is 0 Å². The highest BCUT2D eigenvalue weighted by atomic mass is 35.5. The molecule has 0 aliphatic carbocycles. The van der Waals surface area contributed by atoms with Gasteiger partial charge in [-0.25, -0.2) is 0 Å². The van der Waals surface area contributed by atoms with E-state index in [0.717, 1.165) is 6.42 Å². The van der Waals surface area contributed by atoms with Gasteiger partial charge >= 0.3 is 0 Å². The molecule has 0 saturated heterocycles. The molecule has 0 amide bonds. The quantitative estimate of drug-likeness (QED) is 0.723. The third-order valence-corrected chi connectivity index (χ3v) is 2.73. The van der Waals surface area contributed by atoms with E-state index in [-0.39, 0.29) is 18.4 Å². The van der Waals surface area contributed by atoms with Gasteiger partial charge in [-0.15, -0.1) is 0 Å². The fraction of sp³-hybridized carbons (Fsp3) is 0.455. The Morgan fingerprint density at radius 3 is 2.73 bits per heavy atom. The molecular weight excluding hydrogens is 214 g/mol. The largest absolute Gasteiger partial charge is 0.508 e. The number of benzene rings is 1. The summed E-state index contributed by atoms with van der Waals surface area (Å²) in [6.45, 7) is 2.53. The Morgan fingerprint density at radius 2 is 2.20 bits per heavy atom. The Kier molecular flexibility index (Phi) is 4.88. The number of rotatable bonds is 5. The third kappa shape index (κ3) is 3.38. The van der Waals surface area contributed by atoms with Gasteiger partial charge in [0, 0.05) is 23.2 Å². The van der Waals surface area contributed by atoms with Crippen molar-refractivity contribution in [3.8, 4) is 5.75 Å². The first-order chi connectivity index (χ1) is 7.19. The summed E-state index contributed by atoms with van der Waals surface area (Å²) in [6, 6.07) is 5.08. The van der Waals surface area contributed by atoms with Crippen LogP contribution >= 0.6 is 11.6 Å². The van der Waals surface area contributed by atoms with Crippen molar-refractivity contribution in [1.82, 2.24) is 5.32 Å². The van der Waals surface area contributed by atoms with Crippen LogP contribution in [0.5, 0.6) is 5.75 Å². The van der Waals surface area contributed by atoms with Gasteiger partial charge in [0.05, 0.1) is 6.61 Å². The normalized spacial score (nSPS) is 12.7. The first kappa shape index (κ1) is 12.3. The lowest BCUT2D eigenvalue weighted by molar-refractivity contribution is 0.238. The third-order valence-electron chi connectivity index (χ3n) is 2.37. The molecule has 0 radical (unpaired) electrons. The molecule has 0 spiro atoms. The molecule has 1 atom stereocenters. The molecule has 4 heteroatoms. The first-order valence-corrected chi connectivity index (χ1v) is 5.37. The monoisotopic (exact) mass is 229 g/mol. The van der Waals surface area contributed by atoms with E-state index in [0.29, 0.717) is 17.1 Å². The van der Waals surface area contributed by atoms with Crippen molar-refractivity contribution in [2.45, 2.75) is 25.9 Å². The molecule has 0 bridgehead atoms. The van der Waals surface area contributed by atoms with Gasteiger partial charge in [-0.1, -0.05) is 24.6 Å². The van der Waals surface area contributed by atoms with E-state index >= 15 is 0 Å². The van der Waals surface area contributed by atoms with Gasteiger partial charge in [-0.05, 0) is 18.6 Å². The second-order valence-corrected chi connectivity index (χ2v) is 3.81. The fourth-order valence-electron chi connectivity index (χ4n) is 1.31. The van der Waals surface area contributed by atoms with Crippen LogP contribution in [-0.4, -0.2) is 22.9 Å². The summed E-state index contributed by atoms with van der Waals surface area (Å²) in [5.74, 6) is 0.183. The molecule has 3 N–H and O–H groups in total. The van der Waals surface area contributed by atoms with Crippen LogP contribution in [0.1, 0.15) is 18.9 Å². The van der Waals surface area contributed by atoms with Crippen LogP contribution in [-0.2, 0) is 6.54 Å². The molecule has 84 valence electrons. The molecule has 0 aromatic heterocycles. The van der Waals surface area contributed by atoms with Crippen molar-refractivity contribution in [3.63, 3.8) is 0 Å². The summed E-state index contributed by atoms with van der Waals surface area (Å²) < 4.78 is 0. The highest BCUT2D eigenvalue weighted by molar-refractivity contribution is 6.31. The molecule has 0 aliphatic rings. The zero-order valence-corrected chi connectivity index (χ0v) is 9.46. The molecule has 0 fully saturated rings. The number of hydrogen-bond donors (Lipinski definition) is 3. The Labute approximate surface area is 94.7 Å². The van der Waals surface area contributed by atoms with Crippen LogP contribution < -0.4 is 5.32 Å². The lowest BCUT2D eigenvalue weighted by Gasteiger charge is -2.15. The van der Waals surface area contributed by atoms with Gasteiger partial charge in [0.15, 0.2) is 0 Å². The maximum atomic E-state index is 9.56. The summed E-state index contributed by atoms with van der Waals surface area (Å²) in [7, 11) is 0. The first-order valence-electron chi connectivity index (χ1n) is 4.99. The highest BCUT2D eigenvalue weighted by Crippen LogP contribution is 2.24. The Morgan fingerprint density at radius 1 is 1.47 bits per heavy atom. The average Bonchev–Trinajstić information content (AvgIpc) is 2.23. The molecule has 1 rings (SSSR count). The van der Waals surface area contributed by atoms with Gasteiger partial charge in [0.25, 0.3) is 0 Å². The standard InChI is InChI=1S/C11H16ClNO2/c1-2-8(7-14)13-6-9-10(12)4-3-5-11(9)15/h3-5,8,13-15H,2,6-7H2,1H3/t8-/m1/s1. The zero-order valence-electron chi connectivity index (χ0n) is 8.70. The smallest absolute Gasteiger partial charge is 0.121 e. The zero-order chi connectivity index (χ0) is 11.3. The molecule has 3 nitrogen and oxygen atoms in total. The van der Waals surface area contributed by atoms with Crippen LogP contribution in [0.3, 0.4) is 0 Å².